The van der Waals surface area contributed by atoms with Crippen LogP contribution in [0.1, 0.15) is 6.92 Å². The van der Waals surface area contributed by atoms with Crippen molar-refractivity contribution in [2.45, 2.75) is 6.92 Å². The molecule has 0 bridgehead atoms. The van der Waals surface area contributed by atoms with Crippen LogP contribution in [0.4, 0.5) is 0 Å². The molecule has 11 heavy (non-hydrogen) atoms. The molecule has 0 aliphatic heterocycles. The first-order valence-corrected chi connectivity index (χ1v) is 4.25. The van der Waals surface area contributed by atoms with Crippen LogP contribution in [-0.4, -0.2) is 29.9 Å². The van der Waals surface area contributed by atoms with Crippen molar-refractivity contribution in [2.24, 2.45) is 5.73 Å². The van der Waals surface area contributed by atoms with Crippen LogP contribution in [-0.2, 0) is 9.59 Å². The van der Waals surface area contributed by atoms with Crippen molar-refractivity contribution in [3.63, 3.8) is 0 Å². The average molecular weight is 176 g/mol. The summed E-state index contributed by atoms with van der Waals surface area (Å²) in [6.07, 6.45) is 0. The maximum Gasteiger partial charge on any atom is 0.230 e. The molecule has 3 N–H and O–H groups in total. The largest absolute Gasteiger partial charge is 0.354 e. The fraction of sp³-hybridized carbons (Fsp3) is 0.667. The van der Waals surface area contributed by atoms with Gasteiger partial charge in [0.15, 0.2) is 5.12 Å². The standard InChI is InChI=1S/C6H12N2O2S/c1-5(9)11-4-6(10)8-3-2-7/h2-4,7H2,1H3,(H,8,10). The van der Waals surface area contributed by atoms with E-state index in [0.717, 1.165) is 11.8 Å². The molecule has 0 heterocycles. The Labute approximate surface area is 69.9 Å². The van der Waals surface area contributed by atoms with E-state index in [1.807, 2.05) is 0 Å². The van der Waals surface area contributed by atoms with Gasteiger partial charge < -0.3 is 11.1 Å². The van der Waals surface area contributed by atoms with Crippen LogP contribution in [0, 0.1) is 0 Å². The molecule has 0 spiro atoms. The second-order valence-corrected chi connectivity index (χ2v) is 3.07. The van der Waals surface area contributed by atoms with E-state index in [0.29, 0.717) is 13.1 Å². The minimum Gasteiger partial charge on any atom is -0.354 e. The minimum absolute atomic E-state index is 0.0482. The number of carbonyl (C=O) groups is 2. The average Bonchev–Trinajstić information content (AvgIpc) is 1.97. The number of carbonyl (C=O) groups excluding carboxylic acids is 2. The lowest BCUT2D eigenvalue weighted by molar-refractivity contribution is -0.118. The first-order valence-electron chi connectivity index (χ1n) is 3.27. The predicted molar refractivity (Wildman–Crippen MR) is 45.2 cm³/mol. The minimum atomic E-state index is -0.143. The van der Waals surface area contributed by atoms with E-state index in [9.17, 15) is 9.59 Å². The van der Waals surface area contributed by atoms with E-state index < -0.39 is 0 Å². The topological polar surface area (TPSA) is 72.2 Å². The molecule has 0 aromatic rings. The van der Waals surface area contributed by atoms with Crippen LogP contribution in [0.2, 0.25) is 0 Å². The van der Waals surface area contributed by atoms with Gasteiger partial charge in [0.05, 0.1) is 5.75 Å². The zero-order valence-corrected chi connectivity index (χ0v) is 7.24. The van der Waals surface area contributed by atoms with E-state index in [4.69, 9.17) is 5.73 Å². The van der Waals surface area contributed by atoms with Gasteiger partial charge in [0.2, 0.25) is 5.91 Å². The van der Waals surface area contributed by atoms with Crippen molar-refractivity contribution in [1.82, 2.24) is 5.32 Å². The lowest BCUT2D eigenvalue weighted by atomic mass is 10.6. The highest BCUT2D eigenvalue weighted by molar-refractivity contribution is 8.14. The van der Waals surface area contributed by atoms with Gasteiger partial charge in [-0.1, -0.05) is 11.8 Å². The van der Waals surface area contributed by atoms with Crippen molar-refractivity contribution in [3.8, 4) is 0 Å². The zero-order chi connectivity index (χ0) is 8.69. The van der Waals surface area contributed by atoms with E-state index in [2.05, 4.69) is 5.32 Å². The Morgan fingerprint density at radius 3 is 2.64 bits per heavy atom. The molecule has 0 atom stereocenters. The van der Waals surface area contributed by atoms with Gasteiger partial charge in [-0.05, 0) is 0 Å². The number of nitrogens with one attached hydrogen (secondary N) is 1. The second kappa shape index (κ2) is 6.18. The number of hydrogen-bond donors (Lipinski definition) is 2. The summed E-state index contributed by atoms with van der Waals surface area (Å²) in [6, 6.07) is 0. The molecule has 4 nitrogen and oxygen atoms in total. The molecule has 0 aliphatic carbocycles. The third-order valence-corrected chi connectivity index (χ3v) is 1.69. The summed E-state index contributed by atoms with van der Waals surface area (Å²) < 4.78 is 0. The third-order valence-electron chi connectivity index (χ3n) is 0.873. The molecule has 0 aromatic carbocycles. The number of nitrogens with two attached hydrogens (primary N) is 1. The summed E-state index contributed by atoms with van der Waals surface area (Å²) in [6.45, 7) is 2.33. The molecule has 64 valence electrons. The number of rotatable bonds is 4. The zero-order valence-electron chi connectivity index (χ0n) is 6.42. The molecule has 0 saturated heterocycles. The van der Waals surface area contributed by atoms with Crippen molar-refractivity contribution in [3.05, 3.63) is 0 Å². The van der Waals surface area contributed by atoms with E-state index in [1.54, 1.807) is 0 Å². The SMILES string of the molecule is CC(=O)SCC(=O)NCCN. The van der Waals surface area contributed by atoms with E-state index in [1.165, 1.54) is 6.92 Å². The summed E-state index contributed by atoms with van der Waals surface area (Å²) >= 11 is 0.998. The molecule has 0 unspecified atom stereocenters. The number of thioether (sulfide) groups is 1. The highest BCUT2D eigenvalue weighted by atomic mass is 32.2. The monoisotopic (exact) mass is 176 g/mol. The van der Waals surface area contributed by atoms with Crippen LogP contribution in [0.3, 0.4) is 0 Å². The summed E-state index contributed by atoms with van der Waals surface area (Å²) in [7, 11) is 0. The summed E-state index contributed by atoms with van der Waals surface area (Å²) in [5, 5.41) is 2.50. The first-order chi connectivity index (χ1) is 5.16. The maximum absolute atomic E-state index is 10.8. The van der Waals surface area contributed by atoms with Gasteiger partial charge in [-0.3, -0.25) is 9.59 Å². The molecule has 0 aliphatic rings. The lowest BCUT2D eigenvalue weighted by Gasteiger charge is -2.00. The van der Waals surface area contributed by atoms with Gasteiger partial charge in [0, 0.05) is 20.0 Å². The highest BCUT2D eigenvalue weighted by Gasteiger charge is 2.01. The van der Waals surface area contributed by atoms with Gasteiger partial charge >= 0.3 is 0 Å². The molecule has 5 heteroatoms. The van der Waals surface area contributed by atoms with E-state index >= 15 is 0 Å². The Morgan fingerprint density at radius 1 is 1.55 bits per heavy atom. The Hall–Kier alpha value is -0.550. The molecule has 0 fully saturated rings. The van der Waals surface area contributed by atoms with Crippen LogP contribution >= 0.6 is 11.8 Å². The fourth-order valence-electron chi connectivity index (χ4n) is 0.430. The second-order valence-electron chi connectivity index (χ2n) is 1.92. The van der Waals surface area contributed by atoms with Gasteiger partial charge in [0.25, 0.3) is 0 Å². The third kappa shape index (κ3) is 7.35. The molecular weight excluding hydrogens is 164 g/mol. The molecular formula is C6H12N2O2S. The van der Waals surface area contributed by atoms with Crippen LogP contribution < -0.4 is 11.1 Å². The van der Waals surface area contributed by atoms with Crippen molar-refractivity contribution in [2.75, 3.05) is 18.8 Å². The number of amides is 1. The van der Waals surface area contributed by atoms with Gasteiger partial charge in [-0.25, -0.2) is 0 Å². The Kier molecular flexibility index (Phi) is 5.87. The van der Waals surface area contributed by atoms with E-state index in [-0.39, 0.29) is 16.8 Å². The van der Waals surface area contributed by atoms with Gasteiger partial charge in [0.1, 0.15) is 0 Å². The summed E-state index contributed by atoms with van der Waals surface area (Å²) in [5.74, 6) is 0.0469. The van der Waals surface area contributed by atoms with Gasteiger partial charge in [-0.15, -0.1) is 0 Å². The quantitative estimate of drug-likeness (QED) is 0.596. The predicted octanol–water partition coefficient (Wildman–Crippen LogP) is -0.659. The number of hydrogen-bond acceptors (Lipinski definition) is 4. The lowest BCUT2D eigenvalue weighted by Crippen LogP contribution is -2.30. The van der Waals surface area contributed by atoms with Crippen molar-refractivity contribution < 1.29 is 9.59 Å². The Bertz CT molecular complexity index is 150. The van der Waals surface area contributed by atoms with Crippen molar-refractivity contribution in [1.29, 1.82) is 0 Å². The molecule has 0 aromatic heterocycles. The Balaban J connectivity index is 3.30. The van der Waals surface area contributed by atoms with Crippen molar-refractivity contribution >= 4 is 22.8 Å². The highest BCUT2D eigenvalue weighted by Crippen LogP contribution is 1.98. The van der Waals surface area contributed by atoms with Crippen LogP contribution in [0.15, 0.2) is 0 Å². The van der Waals surface area contributed by atoms with Gasteiger partial charge in [-0.2, -0.15) is 0 Å². The molecule has 0 radical (unpaired) electrons. The molecule has 0 saturated carbocycles. The van der Waals surface area contributed by atoms with Crippen LogP contribution in [0.5, 0.6) is 0 Å². The molecule has 0 rings (SSSR count). The summed E-state index contributed by atoms with van der Waals surface area (Å²) in [5.41, 5.74) is 5.14. The smallest absolute Gasteiger partial charge is 0.230 e. The fourth-order valence-corrected chi connectivity index (χ4v) is 0.866. The molecule has 1 amide bonds. The first kappa shape index (κ1) is 10.4. The van der Waals surface area contributed by atoms with Crippen LogP contribution in [0.25, 0.3) is 0 Å². The normalized spacial score (nSPS) is 9.27. The summed E-state index contributed by atoms with van der Waals surface area (Å²) in [4.78, 5) is 21.1. The Morgan fingerprint density at radius 2 is 2.18 bits per heavy atom. The maximum atomic E-state index is 10.8.